The lowest BCUT2D eigenvalue weighted by atomic mass is 10.2. The molecule has 1 aromatic carbocycles. The van der Waals surface area contributed by atoms with Crippen LogP contribution < -0.4 is 4.72 Å². The van der Waals surface area contributed by atoms with Gasteiger partial charge in [-0.25, -0.2) is 8.42 Å². The molecule has 0 unspecified atom stereocenters. The number of sulfonamides is 1. The molecule has 0 saturated carbocycles. The highest BCUT2D eigenvalue weighted by Crippen LogP contribution is 2.26. The lowest BCUT2D eigenvalue weighted by Crippen LogP contribution is -2.13. The summed E-state index contributed by atoms with van der Waals surface area (Å²) in [7, 11) is -3.77. The molecule has 0 radical (unpaired) electrons. The molecular weight excluding hydrogens is 465 g/mol. The molecule has 0 spiro atoms. The highest BCUT2D eigenvalue weighted by molar-refractivity contribution is 9.10. The van der Waals surface area contributed by atoms with Crippen molar-refractivity contribution in [1.29, 1.82) is 0 Å². The first-order valence-electron chi connectivity index (χ1n) is 7.50. The van der Waals surface area contributed by atoms with Crippen molar-refractivity contribution in [3.63, 3.8) is 0 Å². The highest BCUT2D eigenvalue weighted by atomic mass is 79.9. The van der Waals surface area contributed by atoms with Crippen molar-refractivity contribution in [1.82, 2.24) is 19.6 Å². The normalized spacial score (nSPS) is 11.7. The Morgan fingerprint density at radius 1 is 1.19 bits per heavy atom. The van der Waals surface area contributed by atoms with E-state index in [1.54, 1.807) is 23.0 Å². The van der Waals surface area contributed by atoms with E-state index in [4.69, 9.17) is 23.2 Å². The second-order valence-corrected chi connectivity index (χ2v) is 8.76. The smallest absolute Gasteiger partial charge is 0.266 e. The minimum atomic E-state index is -3.77. The fourth-order valence-electron chi connectivity index (χ4n) is 2.21. The number of nitrogens with one attached hydrogen (secondary N) is 1. The van der Waals surface area contributed by atoms with Gasteiger partial charge in [0.2, 0.25) is 0 Å². The number of anilines is 1. The number of aromatic nitrogens is 4. The standard InChI is InChI=1S/C15H14BrCl2N5O2S/c1-2-22-8-11(6-19-22)26(24,25)21-15-12(16)9-23(20-15)7-10-3-4-13(17)14(18)5-10/h3-6,8-9H,2,7H2,1H3,(H,20,21). The number of halogens is 3. The van der Waals surface area contributed by atoms with Crippen LogP contribution in [0.25, 0.3) is 0 Å². The van der Waals surface area contributed by atoms with Crippen LogP contribution in [0.4, 0.5) is 5.82 Å². The molecular formula is C15H14BrCl2N5O2S. The van der Waals surface area contributed by atoms with Gasteiger partial charge in [0.25, 0.3) is 10.0 Å². The molecule has 0 bridgehead atoms. The summed E-state index contributed by atoms with van der Waals surface area (Å²) in [4.78, 5) is 0.0743. The third-order valence-electron chi connectivity index (χ3n) is 3.52. The molecule has 7 nitrogen and oxygen atoms in total. The maximum atomic E-state index is 12.5. The fourth-order valence-corrected chi connectivity index (χ4v) is 4.05. The highest BCUT2D eigenvalue weighted by Gasteiger charge is 2.20. The third-order valence-corrected chi connectivity index (χ3v) is 6.13. The molecule has 1 N–H and O–H groups in total. The number of nitrogens with zero attached hydrogens (tertiary/aromatic N) is 4. The Bertz CT molecular complexity index is 1050. The Morgan fingerprint density at radius 3 is 2.62 bits per heavy atom. The van der Waals surface area contributed by atoms with Crippen LogP contribution in [0, 0.1) is 0 Å². The van der Waals surface area contributed by atoms with Gasteiger partial charge in [-0.1, -0.05) is 29.3 Å². The lowest BCUT2D eigenvalue weighted by molar-refractivity contribution is 0.600. The van der Waals surface area contributed by atoms with Gasteiger partial charge in [0, 0.05) is 18.9 Å². The summed E-state index contributed by atoms with van der Waals surface area (Å²) < 4.78 is 31.0. The number of aryl methyl sites for hydroxylation is 1. The van der Waals surface area contributed by atoms with E-state index in [-0.39, 0.29) is 10.7 Å². The zero-order chi connectivity index (χ0) is 18.9. The average Bonchev–Trinajstić information content (AvgIpc) is 3.18. The van der Waals surface area contributed by atoms with Crippen molar-refractivity contribution < 1.29 is 8.42 Å². The lowest BCUT2D eigenvalue weighted by Gasteiger charge is -2.05. The van der Waals surface area contributed by atoms with Gasteiger partial charge in [-0.2, -0.15) is 10.2 Å². The molecule has 3 aromatic rings. The van der Waals surface area contributed by atoms with Crippen LogP contribution in [0.2, 0.25) is 10.0 Å². The summed E-state index contributed by atoms with van der Waals surface area (Å²) in [6.45, 7) is 2.86. The second kappa shape index (κ2) is 7.59. The van der Waals surface area contributed by atoms with Crippen LogP contribution in [0.5, 0.6) is 0 Å². The third kappa shape index (κ3) is 4.22. The number of hydrogen-bond donors (Lipinski definition) is 1. The van der Waals surface area contributed by atoms with Gasteiger partial charge in [-0.15, -0.1) is 0 Å². The quantitative estimate of drug-likeness (QED) is 0.580. The summed E-state index contributed by atoms with van der Waals surface area (Å²) in [6, 6.07) is 5.27. The summed E-state index contributed by atoms with van der Waals surface area (Å²) >= 11 is 15.2. The van der Waals surface area contributed by atoms with E-state index in [1.807, 2.05) is 13.0 Å². The molecule has 3 rings (SSSR count). The fraction of sp³-hybridized carbons (Fsp3) is 0.200. The Labute approximate surface area is 169 Å². The summed E-state index contributed by atoms with van der Waals surface area (Å²) in [5, 5.41) is 9.17. The second-order valence-electron chi connectivity index (χ2n) is 5.41. The molecule has 0 saturated heterocycles. The zero-order valence-electron chi connectivity index (χ0n) is 13.5. The monoisotopic (exact) mass is 477 g/mol. The first-order chi connectivity index (χ1) is 12.3. The molecule has 0 aliphatic rings. The van der Waals surface area contributed by atoms with Crippen molar-refractivity contribution in [3.05, 3.63) is 56.9 Å². The van der Waals surface area contributed by atoms with Crippen molar-refractivity contribution in [2.24, 2.45) is 0 Å². The minimum absolute atomic E-state index is 0.0743. The van der Waals surface area contributed by atoms with E-state index < -0.39 is 10.0 Å². The van der Waals surface area contributed by atoms with E-state index in [9.17, 15) is 8.42 Å². The Hall–Kier alpha value is -1.55. The number of hydrogen-bond acceptors (Lipinski definition) is 4. The van der Waals surface area contributed by atoms with Gasteiger partial charge in [0.05, 0.1) is 27.3 Å². The maximum Gasteiger partial charge on any atom is 0.266 e. The van der Waals surface area contributed by atoms with Gasteiger partial charge >= 0.3 is 0 Å². The maximum absolute atomic E-state index is 12.5. The molecule has 2 aromatic heterocycles. The first kappa shape index (κ1) is 19.2. The van der Waals surface area contributed by atoms with Gasteiger partial charge in [0.15, 0.2) is 5.82 Å². The topological polar surface area (TPSA) is 81.8 Å². The van der Waals surface area contributed by atoms with Crippen LogP contribution in [0.1, 0.15) is 12.5 Å². The van der Waals surface area contributed by atoms with Crippen LogP contribution >= 0.6 is 39.1 Å². The summed E-state index contributed by atoms with van der Waals surface area (Å²) in [5.41, 5.74) is 0.882. The van der Waals surface area contributed by atoms with Crippen molar-refractivity contribution >= 4 is 55.0 Å². The van der Waals surface area contributed by atoms with Crippen LogP contribution in [-0.4, -0.2) is 28.0 Å². The summed E-state index contributed by atoms with van der Waals surface area (Å²) in [6.07, 6.45) is 4.44. The minimum Gasteiger partial charge on any atom is -0.272 e. The number of rotatable bonds is 6. The van der Waals surface area contributed by atoms with Gasteiger partial charge in [-0.3, -0.25) is 14.1 Å². The van der Waals surface area contributed by atoms with Crippen molar-refractivity contribution in [3.8, 4) is 0 Å². The molecule has 0 atom stereocenters. The van der Waals surface area contributed by atoms with E-state index in [1.165, 1.54) is 17.1 Å². The molecule has 0 amide bonds. The molecule has 0 aliphatic heterocycles. The molecule has 138 valence electrons. The van der Waals surface area contributed by atoms with Gasteiger partial charge < -0.3 is 0 Å². The average molecular weight is 479 g/mol. The molecule has 11 heteroatoms. The van der Waals surface area contributed by atoms with E-state index in [0.717, 1.165) is 5.56 Å². The van der Waals surface area contributed by atoms with E-state index in [2.05, 4.69) is 30.8 Å². The van der Waals surface area contributed by atoms with E-state index in [0.29, 0.717) is 27.6 Å². The van der Waals surface area contributed by atoms with Crippen LogP contribution in [0.15, 0.2) is 46.2 Å². The van der Waals surface area contributed by atoms with Gasteiger partial charge in [-0.05, 0) is 40.5 Å². The molecule has 26 heavy (non-hydrogen) atoms. The van der Waals surface area contributed by atoms with Gasteiger partial charge in [0.1, 0.15) is 4.90 Å². The molecule has 0 aliphatic carbocycles. The predicted molar refractivity (Wildman–Crippen MR) is 104 cm³/mol. The van der Waals surface area contributed by atoms with Crippen molar-refractivity contribution in [2.45, 2.75) is 24.9 Å². The van der Waals surface area contributed by atoms with Crippen LogP contribution in [-0.2, 0) is 23.1 Å². The Kier molecular flexibility index (Phi) is 5.61. The SMILES string of the molecule is CCn1cc(S(=O)(=O)Nc2nn(Cc3ccc(Cl)c(Cl)c3)cc2Br)cn1. The largest absolute Gasteiger partial charge is 0.272 e. The zero-order valence-corrected chi connectivity index (χ0v) is 17.4. The summed E-state index contributed by atoms with van der Waals surface area (Å²) in [5.74, 6) is 0.189. The first-order valence-corrected chi connectivity index (χ1v) is 10.5. The number of benzene rings is 1. The molecule has 2 heterocycles. The van der Waals surface area contributed by atoms with E-state index >= 15 is 0 Å². The molecule has 0 fully saturated rings. The van der Waals surface area contributed by atoms with Crippen molar-refractivity contribution in [2.75, 3.05) is 4.72 Å². The Balaban J connectivity index is 1.80. The van der Waals surface area contributed by atoms with Crippen LogP contribution in [0.3, 0.4) is 0 Å². The Morgan fingerprint density at radius 2 is 1.96 bits per heavy atom. The predicted octanol–water partition coefficient (Wildman–Crippen LogP) is 4.02.